The molecule has 0 aliphatic carbocycles. The lowest BCUT2D eigenvalue weighted by molar-refractivity contribution is 0.628. The van der Waals surface area contributed by atoms with Crippen LogP contribution in [-0.2, 0) is 0 Å². The fourth-order valence-electron chi connectivity index (χ4n) is 1.86. The van der Waals surface area contributed by atoms with E-state index in [0.29, 0.717) is 5.69 Å². The fourth-order valence-corrected chi connectivity index (χ4v) is 1.86. The highest BCUT2D eigenvalue weighted by Gasteiger charge is 2.15. The number of H-pyrrole nitrogens is 1. The number of halogens is 1. The standard InChI is InChI=1S/C15H9FN2O/c1-3-10-5-4-6-11(14(10)16)12-7-9(2)18-15(19)13(12)8-17/h1,4-7H,2H3,(H,18,19). The number of aryl methyl sites for hydroxylation is 1. The van der Waals surface area contributed by atoms with Crippen molar-refractivity contribution >= 4 is 0 Å². The van der Waals surface area contributed by atoms with E-state index < -0.39 is 11.4 Å². The Hall–Kier alpha value is -2.85. The number of benzene rings is 1. The summed E-state index contributed by atoms with van der Waals surface area (Å²) in [5.74, 6) is 1.62. The van der Waals surface area contributed by atoms with E-state index in [1.54, 1.807) is 25.1 Å². The monoisotopic (exact) mass is 252 g/mol. The Morgan fingerprint density at radius 1 is 1.37 bits per heavy atom. The largest absolute Gasteiger partial charge is 0.325 e. The molecule has 0 saturated heterocycles. The van der Waals surface area contributed by atoms with E-state index in [1.807, 2.05) is 0 Å². The van der Waals surface area contributed by atoms with Crippen LogP contribution in [0.4, 0.5) is 4.39 Å². The van der Waals surface area contributed by atoms with Gasteiger partial charge in [0.1, 0.15) is 17.4 Å². The van der Waals surface area contributed by atoms with Crippen LogP contribution in [0.3, 0.4) is 0 Å². The summed E-state index contributed by atoms with van der Waals surface area (Å²) in [6, 6.07) is 7.89. The average Bonchev–Trinajstić information content (AvgIpc) is 2.38. The van der Waals surface area contributed by atoms with Gasteiger partial charge in [0.15, 0.2) is 0 Å². The van der Waals surface area contributed by atoms with Crippen molar-refractivity contribution in [2.24, 2.45) is 0 Å². The molecule has 0 aliphatic heterocycles. The number of aromatic amines is 1. The first-order valence-electron chi connectivity index (χ1n) is 5.48. The molecule has 2 rings (SSSR count). The summed E-state index contributed by atoms with van der Waals surface area (Å²) in [5.41, 5.74) is 0.380. The van der Waals surface area contributed by atoms with E-state index in [4.69, 9.17) is 11.7 Å². The minimum atomic E-state index is -0.605. The molecule has 2 aromatic rings. The van der Waals surface area contributed by atoms with Crippen LogP contribution in [0.25, 0.3) is 11.1 Å². The minimum absolute atomic E-state index is 0.0966. The summed E-state index contributed by atoms with van der Waals surface area (Å²) in [7, 11) is 0. The van der Waals surface area contributed by atoms with E-state index in [0.717, 1.165) is 0 Å². The van der Waals surface area contributed by atoms with Gasteiger partial charge in [0.05, 0.1) is 5.56 Å². The van der Waals surface area contributed by atoms with Gasteiger partial charge in [0, 0.05) is 16.8 Å². The molecular weight excluding hydrogens is 243 g/mol. The molecule has 3 nitrogen and oxygen atoms in total. The Morgan fingerprint density at radius 3 is 2.74 bits per heavy atom. The van der Waals surface area contributed by atoms with Gasteiger partial charge in [0.2, 0.25) is 0 Å². The average molecular weight is 252 g/mol. The lowest BCUT2D eigenvalue weighted by Gasteiger charge is -2.07. The Bertz CT molecular complexity index is 791. The molecule has 0 saturated carbocycles. The van der Waals surface area contributed by atoms with Gasteiger partial charge in [-0.3, -0.25) is 4.79 Å². The van der Waals surface area contributed by atoms with Crippen molar-refractivity contribution in [3.05, 3.63) is 57.3 Å². The lowest BCUT2D eigenvalue weighted by Crippen LogP contribution is -2.13. The molecule has 0 aliphatic rings. The maximum atomic E-state index is 14.2. The van der Waals surface area contributed by atoms with Crippen LogP contribution < -0.4 is 5.56 Å². The Morgan fingerprint density at radius 2 is 2.11 bits per heavy atom. The Kier molecular flexibility index (Phi) is 3.18. The van der Waals surface area contributed by atoms with Gasteiger partial charge in [-0.2, -0.15) is 5.26 Å². The summed E-state index contributed by atoms with van der Waals surface area (Å²) in [6.45, 7) is 1.66. The topological polar surface area (TPSA) is 56.6 Å². The summed E-state index contributed by atoms with van der Waals surface area (Å²) < 4.78 is 14.2. The van der Waals surface area contributed by atoms with E-state index >= 15 is 0 Å². The van der Waals surface area contributed by atoms with Crippen molar-refractivity contribution in [3.63, 3.8) is 0 Å². The molecular formula is C15H9FN2O. The highest BCUT2D eigenvalue weighted by molar-refractivity contribution is 5.72. The SMILES string of the molecule is C#Cc1cccc(-c2cc(C)[nH]c(=O)c2C#N)c1F. The predicted octanol–water partition coefficient (Wildman–Crippen LogP) is 2.34. The third-order valence-electron chi connectivity index (χ3n) is 2.72. The second-order valence-electron chi connectivity index (χ2n) is 3.99. The van der Waals surface area contributed by atoms with Crippen molar-refractivity contribution in [1.29, 1.82) is 5.26 Å². The van der Waals surface area contributed by atoms with Crippen molar-refractivity contribution in [1.82, 2.24) is 4.98 Å². The summed E-state index contributed by atoms with van der Waals surface area (Å²) in [6.07, 6.45) is 5.21. The first-order valence-corrected chi connectivity index (χ1v) is 5.48. The molecule has 1 aromatic carbocycles. The van der Waals surface area contributed by atoms with Gasteiger partial charge in [-0.25, -0.2) is 4.39 Å². The number of hydrogen-bond donors (Lipinski definition) is 1. The fraction of sp³-hybridized carbons (Fsp3) is 0.0667. The molecule has 0 radical (unpaired) electrons. The van der Waals surface area contributed by atoms with Gasteiger partial charge in [-0.05, 0) is 19.1 Å². The van der Waals surface area contributed by atoms with E-state index in [1.165, 1.54) is 12.1 Å². The highest BCUT2D eigenvalue weighted by atomic mass is 19.1. The summed E-state index contributed by atoms with van der Waals surface area (Å²) in [5, 5.41) is 9.04. The number of nitriles is 1. The molecule has 0 amide bonds. The molecule has 92 valence electrons. The van der Waals surface area contributed by atoms with Crippen molar-refractivity contribution in [2.45, 2.75) is 6.92 Å². The second kappa shape index (κ2) is 4.80. The zero-order chi connectivity index (χ0) is 14.0. The van der Waals surface area contributed by atoms with E-state index in [9.17, 15) is 9.18 Å². The van der Waals surface area contributed by atoms with Crippen LogP contribution in [0, 0.1) is 36.4 Å². The Labute approximate surface area is 109 Å². The molecule has 0 atom stereocenters. The summed E-state index contributed by atoms with van der Waals surface area (Å²) >= 11 is 0. The third-order valence-corrected chi connectivity index (χ3v) is 2.72. The Balaban J connectivity index is 2.85. The smallest absolute Gasteiger partial charge is 0.266 e. The van der Waals surface area contributed by atoms with Crippen LogP contribution in [0.1, 0.15) is 16.8 Å². The third kappa shape index (κ3) is 2.12. The number of pyridine rings is 1. The minimum Gasteiger partial charge on any atom is -0.325 e. The molecule has 0 fully saturated rings. The summed E-state index contributed by atoms with van der Waals surface area (Å²) in [4.78, 5) is 14.2. The molecule has 1 aromatic heterocycles. The quantitative estimate of drug-likeness (QED) is 0.792. The normalized spacial score (nSPS) is 9.68. The van der Waals surface area contributed by atoms with Gasteiger partial charge >= 0.3 is 0 Å². The number of hydrogen-bond acceptors (Lipinski definition) is 2. The van der Waals surface area contributed by atoms with Crippen LogP contribution >= 0.6 is 0 Å². The predicted molar refractivity (Wildman–Crippen MR) is 69.8 cm³/mol. The van der Waals surface area contributed by atoms with Crippen LogP contribution in [0.2, 0.25) is 0 Å². The van der Waals surface area contributed by atoms with Gasteiger partial charge in [-0.15, -0.1) is 6.42 Å². The first kappa shape index (κ1) is 12.6. The number of terminal acetylenes is 1. The number of nitrogens with zero attached hydrogens (tertiary/aromatic N) is 1. The molecule has 4 heteroatoms. The highest BCUT2D eigenvalue weighted by Crippen LogP contribution is 2.26. The zero-order valence-corrected chi connectivity index (χ0v) is 10.1. The maximum Gasteiger partial charge on any atom is 0.266 e. The number of rotatable bonds is 1. The van der Waals surface area contributed by atoms with Crippen molar-refractivity contribution in [3.8, 4) is 29.5 Å². The van der Waals surface area contributed by atoms with Crippen molar-refractivity contribution < 1.29 is 4.39 Å². The van der Waals surface area contributed by atoms with E-state index in [2.05, 4.69) is 10.9 Å². The maximum absolute atomic E-state index is 14.2. The van der Waals surface area contributed by atoms with Gasteiger partial charge in [0.25, 0.3) is 5.56 Å². The van der Waals surface area contributed by atoms with Crippen LogP contribution in [-0.4, -0.2) is 4.98 Å². The number of nitrogens with one attached hydrogen (secondary N) is 1. The van der Waals surface area contributed by atoms with Gasteiger partial charge in [-0.1, -0.05) is 18.1 Å². The molecule has 0 bridgehead atoms. The second-order valence-corrected chi connectivity index (χ2v) is 3.99. The molecule has 1 heterocycles. The van der Waals surface area contributed by atoms with Gasteiger partial charge < -0.3 is 4.98 Å². The molecule has 0 unspecified atom stereocenters. The molecule has 19 heavy (non-hydrogen) atoms. The molecule has 1 N–H and O–H groups in total. The van der Waals surface area contributed by atoms with E-state index in [-0.39, 0.29) is 22.3 Å². The number of aromatic nitrogens is 1. The van der Waals surface area contributed by atoms with Crippen LogP contribution in [0.15, 0.2) is 29.1 Å². The zero-order valence-electron chi connectivity index (χ0n) is 10.1. The van der Waals surface area contributed by atoms with Crippen LogP contribution in [0.5, 0.6) is 0 Å². The lowest BCUT2D eigenvalue weighted by atomic mass is 9.98. The first-order chi connectivity index (χ1) is 9.08. The molecule has 0 spiro atoms. The van der Waals surface area contributed by atoms with Crippen molar-refractivity contribution in [2.75, 3.05) is 0 Å².